The van der Waals surface area contributed by atoms with E-state index < -0.39 is 12.0 Å². The third kappa shape index (κ3) is 5.23. The van der Waals surface area contributed by atoms with Gasteiger partial charge >= 0.3 is 12.2 Å². The summed E-state index contributed by atoms with van der Waals surface area (Å²) in [6, 6.07) is 16.7. The van der Waals surface area contributed by atoms with E-state index in [0.717, 1.165) is 12.8 Å². The highest BCUT2D eigenvalue weighted by molar-refractivity contribution is 5.76. The number of imidazole rings is 1. The fourth-order valence-corrected chi connectivity index (χ4v) is 4.30. The molecular weight excluding hydrogens is 417 g/mol. The van der Waals surface area contributed by atoms with Gasteiger partial charge in [-0.3, -0.25) is 0 Å². The van der Waals surface area contributed by atoms with Crippen molar-refractivity contribution >= 4 is 17.1 Å². The zero-order chi connectivity index (χ0) is 22.6. The Labute approximate surface area is 185 Å². The molecule has 1 fully saturated rings. The number of fused-ring (bicyclic) bond motifs is 1. The van der Waals surface area contributed by atoms with Crippen LogP contribution in [0.25, 0.3) is 11.0 Å². The van der Waals surface area contributed by atoms with Gasteiger partial charge in [0.2, 0.25) is 5.82 Å². The van der Waals surface area contributed by atoms with Gasteiger partial charge in [-0.05, 0) is 49.3 Å². The van der Waals surface area contributed by atoms with Crippen LogP contribution < -0.4 is 5.32 Å². The van der Waals surface area contributed by atoms with Crippen LogP contribution in [0.1, 0.15) is 30.7 Å². The first-order valence-electron chi connectivity index (χ1n) is 11.0. The van der Waals surface area contributed by atoms with Crippen molar-refractivity contribution in [2.45, 2.75) is 38.4 Å². The zero-order valence-electron chi connectivity index (χ0n) is 17.8. The van der Waals surface area contributed by atoms with Gasteiger partial charge in [0.15, 0.2) is 0 Å². The molecule has 1 aliphatic rings. The summed E-state index contributed by atoms with van der Waals surface area (Å²) in [6.45, 7) is 1.94. The lowest BCUT2D eigenvalue weighted by molar-refractivity contribution is -0.147. The number of amides is 2. The molecule has 1 saturated heterocycles. The number of hydrogen-bond acceptors (Lipinski definition) is 2. The van der Waals surface area contributed by atoms with Crippen LogP contribution in [0.3, 0.4) is 0 Å². The number of aryl methyl sites for hydroxylation is 1. The number of hydrogen-bond donors (Lipinski definition) is 1. The third-order valence-electron chi connectivity index (χ3n) is 6.01. The second-order valence-electron chi connectivity index (χ2n) is 8.28. The topological polar surface area (TPSA) is 50.2 Å². The first-order valence-corrected chi connectivity index (χ1v) is 11.0. The van der Waals surface area contributed by atoms with E-state index in [2.05, 4.69) is 22.4 Å². The lowest BCUT2D eigenvalue weighted by atomic mass is 9.96. The Kier molecular flexibility index (Phi) is 6.67. The van der Waals surface area contributed by atoms with Gasteiger partial charge in [0.25, 0.3) is 0 Å². The fraction of sp³-hybridized carbons (Fsp3) is 0.417. The summed E-state index contributed by atoms with van der Waals surface area (Å²) in [5.41, 5.74) is 2.10. The Hall–Kier alpha value is -3.03. The molecule has 0 radical (unpaired) electrons. The highest BCUT2D eigenvalue weighted by Crippen LogP contribution is 2.33. The molecule has 0 spiro atoms. The number of nitrogens with zero attached hydrogens (tertiary/aromatic N) is 3. The van der Waals surface area contributed by atoms with Crippen LogP contribution in [0, 0.1) is 5.92 Å². The maximum Gasteiger partial charge on any atom is 0.449 e. The summed E-state index contributed by atoms with van der Waals surface area (Å²) in [7, 11) is 0. The third-order valence-corrected chi connectivity index (χ3v) is 6.01. The van der Waals surface area contributed by atoms with Gasteiger partial charge in [-0.2, -0.15) is 13.2 Å². The number of halogens is 3. The largest absolute Gasteiger partial charge is 0.449 e. The van der Waals surface area contributed by atoms with Crippen molar-refractivity contribution in [3.63, 3.8) is 0 Å². The van der Waals surface area contributed by atoms with E-state index in [0.29, 0.717) is 43.5 Å². The number of carbonyl (C=O) groups is 1. The van der Waals surface area contributed by atoms with Crippen LogP contribution in [0.2, 0.25) is 0 Å². The summed E-state index contributed by atoms with van der Waals surface area (Å²) in [6.07, 6.45) is -1.40. The molecule has 0 saturated carbocycles. The van der Waals surface area contributed by atoms with Gasteiger partial charge in [0.1, 0.15) is 0 Å². The predicted octanol–water partition coefficient (Wildman–Crippen LogP) is 5.11. The van der Waals surface area contributed by atoms with Gasteiger partial charge in [-0.15, -0.1) is 0 Å². The number of carbonyl (C=O) groups excluding carboxylic acids is 1. The predicted molar refractivity (Wildman–Crippen MR) is 117 cm³/mol. The molecule has 2 heterocycles. The van der Waals surface area contributed by atoms with Crippen molar-refractivity contribution in [3.05, 3.63) is 66.0 Å². The molecule has 2 amide bonds. The minimum absolute atomic E-state index is 0.0656. The number of benzene rings is 2. The van der Waals surface area contributed by atoms with Gasteiger partial charge < -0.3 is 14.8 Å². The molecule has 0 atom stereocenters. The van der Waals surface area contributed by atoms with E-state index in [4.69, 9.17) is 0 Å². The molecule has 8 heteroatoms. The zero-order valence-corrected chi connectivity index (χ0v) is 17.8. The smallest absolute Gasteiger partial charge is 0.338 e. The number of alkyl halides is 3. The summed E-state index contributed by atoms with van der Waals surface area (Å²) in [5.74, 6) is -0.784. The molecule has 0 bridgehead atoms. The van der Waals surface area contributed by atoms with E-state index in [9.17, 15) is 18.0 Å². The maximum absolute atomic E-state index is 13.5. The molecular formula is C24H27F3N4O. The molecule has 4 rings (SSSR count). The van der Waals surface area contributed by atoms with Gasteiger partial charge in [-0.1, -0.05) is 42.5 Å². The standard InChI is InChI=1S/C24H27F3N4O/c25-24(26,27)22-29-20-10-4-5-11-21(20)31(22)17-19-12-15-30(16-13-19)23(32)28-14-6-9-18-7-2-1-3-8-18/h1-5,7-8,10-11,19H,6,9,12-17H2,(H,28,32). The molecule has 2 aromatic carbocycles. The van der Waals surface area contributed by atoms with E-state index in [1.807, 2.05) is 18.2 Å². The van der Waals surface area contributed by atoms with Crippen LogP contribution >= 0.6 is 0 Å². The first-order chi connectivity index (χ1) is 15.4. The first kappa shape index (κ1) is 22.2. The normalized spacial score (nSPS) is 15.3. The number of aromatic nitrogens is 2. The lowest BCUT2D eigenvalue weighted by Crippen LogP contribution is -2.45. The van der Waals surface area contributed by atoms with Crippen LogP contribution in [0.5, 0.6) is 0 Å². The van der Waals surface area contributed by atoms with E-state index in [-0.39, 0.29) is 18.5 Å². The highest BCUT2D eigenvalue weighted by atomic mass is 19.4. The van der Waals surface area contributed by atoms with E-state index in [1.165, 1.54) is 10.1 Å². The van der Waals surface area contributed by atoms with Crippen molar-refractivity contribution in [2.75, 3.05) is 19.6 Å². The Balaban J connectivity index is 1.28. The van der Waals surface area contributed by atoms with Gasteiger partial charge in [0, 0.05) is 26.2 Å². The number of piperidine rings is 1. The lowest BCUT2D eigenvalue weighted by Gasteiger charge is -2.32. The van der Waals surface area contributed by atoms with Crippen LogP contribution in [0.4, 0.5) is 18.0 Å². The summed E-state index contributed by atoms with van der Waals surface area (Å²) in [4.78, 5) is 18.0. The van der Waals surface area contributed by atoms with Crippen molar-refractivity contribution in [1.29, 1.82) is 0 Å². The Morgan fingerprint density at radius 1 is 1.03 bits per heavy atom. The number of urea groups is 1. The number of nitrogens with one attached hydrogen (secondary N) is 1. The average molecular weight is 445 g/mol. The second kappa shape index (κ2) is 9.63. The van der Waals surface area contributed by atoms with Crippen molar-refractivity contribution in [2.24, 2.45) is 5.92 Å². The van der Waals surface area contributed by atoms with Gasteiger partial charge in [-0.25, -0.2) is 9.78 Å². The Morgan fingerprint density at radius 2 is 1.72 bits per heavy atom. The van der Waals surface area contributed by atoms with Crippen molar-refractivity contribution < 1.29 is 18.0 Å². The number of likely N-dealkylation sites (tertiary alicyclic amines) is 1. The van der Waals surface area contributed by atoms with Crippen molar-refractivity contribution in [3.8, 4) is 0 Å². The summed E-state index contributed by atoms with van der Waals surface area (Å²) < 4.78 is 41.9. The fourth-order valence-electron chi connectivity index (χ4n) is 4.30. The Bertz CT molecular complexity index is 1040. The van der Waals surface area contributed by atoms with E-state index in [1.54, 1.807) is 29.2 Å². The van der Waals surface area contributed by atoms with Crippen LogP contribution in [-0.2, 0) is 19.1 Å². The quantitative estimate of drug-likeness (QED) is 0.537. The molecule has 170 valence electrons. The monoisotopic (exact) mass is 444 g/mol. The minimum atomic E-state index is -4.50. The highest BCUT2D eigenvalue weighted by Gasteiger charge is 2.38. The maximum atomic E-state index is 13.5. The summed E-state index contributed by atoms with van der Waals surface area (Å²) in [5, 5.41) is 2.96. The molecule has 1 aliphatic heterocycles. The molecule has 32 heavy (non-hydrogen) atoms. The molecule has 1 N–H and O–H groups in total. The number of para-hydroxylation sites is 2. The van der Waals surface area contributed by atoms with Gasteiger partial charge in [0.05, 0.1) is 11.0 Å². The molecule has 3 aromatic rings. The SMILES string of the molecule is O=C(NCCCc1ccccc1)N1CCC(Cn2c(C(F)(F)F)nc3ccccc32)CC1. The Morgan fingerprint density at radius 3 is 2.44 bits per heavy atom. The minimum Gasteiger partial charge on any atom is -0.338 e. The number of rotatable bonds is 6. The van der Waals surface area contributed by atoms with Crippen LogP contribution in [0.15, 0.2) is 54.6 Å². The second-order valence-corrected chi connectivity index (χ2v) is 8.28. The molecule has 0 unspecified atom stereocenters. The molecule has 1 aromatic heterocycles. The average Bonchev–Trinajstić information content (AvgIpc) is 3.17. The van der Waals surface area contributed by atoms with Crippen LogP contribution in [-0.4, -0.2) is 40.1 Å². The van der Waals surface area contributed by atoms with Crippen molar-refractivity contribution in [1.82, 2.24) is 19.8 Å². The molecule has 5 nitrogen and oxygen atoms in total. The molecule has 0 aliphatic carbocycles. The van der Waals surface area contributed by atoms with E-state index >= 15 is 0 Å². The summed E-state index contributed by atoms with van der Waals surface area (Å²) >= 11 is 0.